The Labute approximate surface area is 68.6 Å². The minimum atomic E-state index is -1.22. The standard InChI is InChI=1S/C7H9N3O2/c8-7(6(11)12)2-1-5-4(7)3-9-10-5/h3H,1-2,8H2,(H,9,10)(H,11,12). The van der Waals surface area contributed by atoms with Crippen LogP contribution >= 0.6 is 0 Å². The Bertz CT molecular complexity index is 333. The SMILES string of the molecule is NC1(C(=O)O)CCc2[nH]ncc21. The van der Waals surface area contributed by atoms with Gasteiger partial charge < -0.3 is 10.8 Å². The zero-order valence-corrected chi connectivity index (χ0v) is 6.37. The third-order valence-corrected chi connectivity index (χ3v) is 2.35. The number of aliphatic carboxylic acids is 1. The van der Waals surface area contributed by atoms with Crippen molar-refractivity contribution in [2.45, 2.75) is 18.4 Å². The number of carboxylic acid groups (broad SMARTS) is 1. The molecular weight excluding hydrogens is 158 g/mol. The summed E-state index contributed by atoms with van der Waals surface area (Å²) in [7, 11) is 0. The molecule has 1 aromatic heterocycles. The number of carbonyl (C=O) groups is 1. The highest BCUT2D eigenvalue weighted by atomic mass is 16.4. The number of nitrogens with zero attached hydrogens (tertiary/aromatic N) is 1. The highest BCUT2D eigenvalue weighted by Crippen LogP contribution is 2.33. The second kappa shape index (κ2) is 2.07. The van der Waals surface area contributed by atoms with Crippen LogP contribution in [-0.4, -0.2) is 21.3 Å². The first kappa shape index (κ1) is 7.30. The first-order valence-electron chi connectivity index (χ1n) is 3.69. The van der Waals surface area contributed by atoms with Crippen LogP contribution in [0.1, 0.15) is 17.7 Å². The number of nitrogens with two attached hydrogens (primary N) is 1. The molecule has 2 rings (SSSR count). The molecule has 1 aliphatic carbocycles. The highest BCUT2D eigenvalue weighted by Gasteiger charge is 2.43. The molecule has 0 fully saturated rings. The van der Waals surface area contributed by atoms with Gasteiger partial charge in [-0.2, -0.15) is 5.10 Å². The summed E-state index contributed by atoms with van der Waals surface area (Å²) in [5, 5.41) is 15.4. The molecule has 12 heavy (non-hydrogen) atoms. The van der Waals surface area contributed by atoms with E-state index in [4.69, 9.17) is 10.8 Å². The Hall–Kier alpha value is -1.36. The van der Waals surface area contributed by atoms with Crippen molar-refractivity contribution in [1.82, 2.24) is 10.2 Å². The molecule has 5 nitrogen and oxygen atoms in total. The summed E-state index contributed by atoms with van der Waals surface area (Å²) in [4.78, 5) is 10.8. The second-order valence-corrected chi connectivity index (χ2v) is 3.04. The van der Waals surface area contributed by atoms with Crippen LogP contribution in [0, 0.1) is 0 Å². The van der Waals surface area contributed by atoms with Gasteiger partial charge in [-0.3, -0.25) is 5.10 Å². The van der Waals surface area contributed by atoms with E-state index in [-0.39, 0.29) is 0 Å². The van der Waals surface area contributed by atoms with Gasteiger partial charge in [0.1, 0.15) is 5.54 Å². The molecule has 0 amide bonds. The Kier molecular flexibility index (Phi) is 1.26. The lowest BCUT2D eigenvalue weighted by atomic mass is 9.96. The molecule has 0 aromatic carbocycles. The van der Waals surface area contributed by atoms with Crippen LogP contribution in [0.2, 0.25) is 0 Å². The van der Waals surface area contributed by atoms with E-state index >= 15 is 0 Å². The maximum atomic E-state index is 10.8. The van der Waals surface area contributed by atoms with Gasteiger partial charge in [0.05, 0.1) is 6.20 Å². The summed E-state index contributed by atoms with van der Waals surface area (Å²) in [5.41, 5.74) is 5.95. The lowest BCUT2D eigenvalue weighted by Crippen LogP contribution is -2.42. The molecule has 0 radical (unpaired) electrons. The van der Waals surface area contributed by atoms with Gasteiger partial charge >= 0.3 is 5.97 Å². The van der Waals surface area contributed by atoms with Crippen molar-refractivity contribution in [3.8, 4) is 0 Å². The number of fused-ring (bicyclic) bond motifs is 1. The average molecular weight is 167 g/mol. The largest absolute Gasteiger partial charge is 0.480 e. The summed E-state index contributed by atoms with van der Waals surface area (Å²) in [6.45, 7) is 0. The fourth-order valence-electron chi connectivity index (χ4n) is 1.57. The predicted octanol–water partition coefficient (Wildman–Crippen LogP) is -0.406. The fourth-order valence-corrected chi connectivity index (χ4v) is 1.57. The molecule has 0 saturated carbocycles. The summed E-state index contributed by atoms with van der Waals surface area (Å²) >= 11 is 0. The maximum Gasteiger partial charge on any atom is 0.328 e. The summed E-state index contributed by atoms with van der Waals surface area (Å²) in [6.07, 6.45) is 2.61. The fraction of sp³-hybridized carbons (Fsp3) is 0.429. The second-order valence-electron chi connectivity index (χ2n) is 3.04. The molecule has 0 bridgehead atoms. The molecule has 1 heterocycles. The van der Waals surface area contributed by atoms with E-state index in [0.29, 0.717) is 18.4 Å². The number of hydrogen-bond acceptors (Lipinski definition) is 3. The predicted molar refractivity (Wildman–Crippen MR) is 40.4 cm³/mol. The first-order chi connectivity index (χ1) is 5.64. The molecule has 64 valence electrons. The smallest absolute Gasteiger partial charge is 0.328 e. The van der Waals surface area contributed by atoms with E-state index in [1.807, 2.05) is 0 Å². The van der Waals surface area contributed by atoms with Gasteiger partial charge in [0, 0.05) is 11.3 Å². The molecule has 0 saturated heterocycles. The molecule has 0 spiro atoms. The van der Waals surface area contributed by atoms with Gasteiger partial charge in [-0.25, -0.2) is 4.79 Å². The molecule has 1 atom stereocenters. The van der Waals surface area contributed by atoms with E-state index in [0.717, 1.165) is 5.69 Å². The van der Waals surface area contributed by atoms with Crippen molar-refractivity contribution in [3.05, 3.63) is 17.5 Å². The van der Waals surface area contributed by atoms with Crippen LogP contribution in [0.15, 0.2) is 6.20 Å². The third kappa shape index (κ3) is 0.711. The number of carboxylic acids is 1. The van der Waals surface area contributed by atoms with Gasteiger partial charge in [0.15, 0.2) is 0 Å². The minimum absolute atomic E-state index is 0.450. The maximum absolute atomic E-state index is 10.8. The van der Waals surface area contributed by atoms with E-state index < -0.39 is 11.5 Å². The highest BCUT2D eigenvalue weighted by molar-refractivity contribution is 5.81. The average Bonchev–Trinajstić information content (AvgIpc) is 2.54. The van der Waals surface area contributed by atoms with Crippen molar-refractivity contribution in [2.24, 2.45) is 5.73 Å². The molecule has 4 N–H and O–H groups in total. The minimum Gasteiger partial charge on any atom is -0.480 e. The Morgan fingerprint density at radius 1 is 1.83 bits per heavy atom. The first-order valence-corrected chi connectivity index (χ1v) is 3.69. The number of aryl methyl sites for hydroxylation is 1. The van der Waals surface area contributed by atoms with Crippen LogP contribution in [-0.2, 0) is 16.8 Å². The Morgan fingerprint density at radius 3 is 3.25 bits per heavy atom. The van der Waals surface area contributed by atoms with Gasteiger partial charge in [-0.05, 0) is 12.8 Å². The van der Waals surface area contributed by atoms with Gasteiger partial charge in [-0.1, -0.05) is 0 Å². The van der Waals surface area contributed by atoms with Crippen LogP contribution in [0.5, 0.6) is 0 Å². The number of nitrogens with one attached hydrogen (secondary N) is 1. The number of hydrogen-bond donors (Lipinski definition) is 3. The number of H-pyrrole nitrogens is 1. The monoisotopic (exact) mass is 167 g/mol. The zero-order valence-electron chi connectivity index (χ0n) is 6.37. The quantitative estimate of drug-likeness (QED) is 0.530. The normalized spacial score (nSPS) is 27.1. The van der Waals surface area contributed by atoms with Gasteiger partial charge in [0.25, 0.3) is 0 Å². The van der Waals surface area contributed by atoms with Crippen molar-refractivity contribution in [1.29, 1.82) is 0 Å². The molecule has 1 unspecified atom stereocenters. The van der Waals surface area contributed by atoms with Crippen molar-refractivity contribution in [3.63, 3.8) is 0 Å². The topological polar surface area (TPSA) is 92.0 Å². The third-order valence-electron chi connectivity index (χ3n) is 2.35. The number of aromatic amines is 1. The van der Waals surface area contributed by atoms with Crippen molar-refractivity contribution in [2.75, 3.05) is 0 Å². The summed E-state index contributed by atoms with van der Waals surface area (Å²) < 4.78 is 0. The van der Waals surface area contributed by atoms with Gasteiger partial charge in [0.2, 0.25) is 0 Å². The molecule has 1 aliphatic rings. The lowest BCUT2D eigenvalue weighted by molar-refractivity contribution is -0.143. The molecular formula is C7H9N3O2. The van der Waals surface area contributed by atoms with E-state index in [9.17, 15) is 4.79 Å². The Balaban J connectivity index is 2.51. The number of aromatic nitrogens is 2. The van der Waals surface area contributed by atoms with Crippen molar-refractivity contribution < 1.29 is 9.90 Å². The molecule has 0 aliphatic heterocycles. The van der Waals surface area contributed by atoms with Crippen LogP contribution in [0.3, 0.4) is 0 Å². The molecule has 5 heteroatoms. The van der Waals surface area contributed by atoms with Crippen LogP contribution < -0.4 is 5.73 Å². The lowest BCUT2D eigenvalue weighted by Gasteiger charge is -2.16. The van der Waals surface area contributed by atoms with E-state index in [2.05, 4.69) is 10.2 Å². The van der Waals surface area contributed by atoms with Gasteiger partial charge in [-0.15, -0.1) is 0 Å². The Morgan fingerprint density at radius 2 is 2.58 bits per heavy atom. The zero-order chi connectivity index (χ0) is 8.77. The van der Waals surface area contributed by atoms with E-state index in [1.165, 1.54) is 6.20 Å². The number of rotatable bonds is 1. The summed E-state index contributed by atoms with van der Waals surface area (Å²) in [5.74, 6) is -0.984. The van der Waals surface area contributed by atoms with Crippen LogP contribution in [0.25, 0.3) is 0 Å². The van der Waals surface area contributed by atoms with E-state index in [1.54, 1.807) is 0 Å². The molecule has 1 aromatic rings. The summed E-state index contributed by atoms with van der Waals surface area (Å²) in [6, 6.07) is 0. The van der Waals surface area contributed by atoms with Crippen molar-refractivity contribution >= 4 is 5.97 Å². The van der Waals surface area contributed by atoms with Crippen LogP contribution in [0.4, 0.5) is 0 Å².